The quantitative estimate of drug-likeness (QED) is 0.626. The molecule has 3 fully saturated rings. The van der Waals surface area contributed by atoms with Gasteiger partial charge >= 0.3 is 5.97 Å². The Hall–Kier alpha value is -0.830. The van der Waals surface area contributed by atoms with E-state index in [1.807, 2.05) is 6.92 Å². The summed E-state index contributed by atoms with van der Waals surface area (Å²) < 4.78 is 5.04. The first-order valence-electron chi connectivity index (χ1n) is 8.71. The highest BCUT2D eigenvalue weighted by molar-refractivity contribution is 5.82. The number of carbonyl (C=O) groups is 1. The van der Waals surface area contributed by atoms with Crippen LogP contribution in [0.4, 0.5) is 0 Å². The third-order valence-electron chi connectivity index (χ3n) is 6.01. The zero-order valence-corrected chi connectivity index (χ0v) is 13.1. The molecule has 0 saturated heterocycles. The molecule has 118 valence electrons. The van der Waals surface area contributed by atoms with Gasteiger partial charge in [-0.15, -0.1) is 0 Å². The molecule has 0 bridgehead atoms. The van der Waals surface area contributed by atoms with Crippen LogP contribution in [-0.2, 0) is 9.53 Å². The van der Waals surface area contributed by atoms with Crippen molar-refractivity contribution >= 4 is 5.97 Å². The summed E-state index contributed by atoms with van der Waals surface area (Å²) in [5, 5.41) is 9.88. The average molecular weight is 292 g/mol. The number of fused-ring (bicyclic) bond motifs is 3. The number of aliphatic hydroxyl groups is 1. The van der Waals surface area contributed by atoms with Crippen molar-refractivity contribution in [2.75, 3.05) is 6.61 Å². The predicted octanol–water partition coefficient (Wildman–Crippen LogP) is 3.46. The summed E-state index contributed by atoms with van der Waals surface area (Å²) >= 11 is 0. The SMILES string of the molecule is CCOC(=O)/C=C1/CC[C@@H]2[C@H](CC[C@@H]3C[C@H](O)CC[C@@H]32)C1. The van der Waals surface area contributed by atoms with Crippen molar-refractivity contribution in [3.63, 3.8) is 0 Å². The van der Waals surface area contributed by atoms with E-state index in [1.165, 1.54) is 31.3 Å². The van der Waals surface area contributed by atoms with Gasteiger partial charge in [0.25, 0.3) is 0 Å². The van der Waals surface area contributed by atoms with E-state index in [0.717, 1.165) is 49.4 Å². The highest BCUT2D eigenvalue weighted by Gasteiger charge is 2.43. The van der Waals surface area contributed by atoms with Crippen molar-refractivity contribution in [2.24, 2.45) is 23.7 Å². The van der Waals surface area contributed by atoms with Crippen LogP contribution in [0.3, 0.4) is 0 Å². The van der Waals surface area contributed by atoms with Gasteiger partial charge in [-0.25, -0.2) is 4.79 Å². The molecule has 0 aromatic heterocycles. The first-order chi connectivity index (χ1) is 10.2. The number of carbonyl (C=O) groups excluding carboxylic acids is 1. The molecular formula is C18H28O3. The van der Waals surface area contributed by atoms with Gasteiger partial charge in [-0.05, 0) is 82.0 Å². The molecule has 0 aromatic rings. The smallest absolute Gasteiger partial charge is 0.330 e. The van der Waals surface area contributed by atoms with Gasteiger partial charge in [0.15, 0.2) is 0 Å². The highest BCUT2D eigenvalue weighted by Crippen LogP contribution is 2.52. The summed E-state index contributed by atoms with van der Waals surface area (Å²) in [6.45, 7) is 2.31. The summed E-state index contributed by atoms with van der Waals surface area (Å²) in [5.74, 6) is 3.01. The van der Waals surface area contributed by atoms with Crippen LogP contribution in [0, 0.1) is 23.7 Å². The number of rotatable bonds is 2. The molecular weight excluding hydrogens is 264 g/mol. The Morgan fingerprint density at radius 2 is 1.95 bits per heavy atom. The molecule has 0 heterocycles. The topological polar surface area (TPSA) is 46.5 Å². The van der Waals surface area contributed by atoms with Crippen molar-refractivity contribution in [1.29, 1.82) is 0 Å². The van der Waals surface area contributed by atoms with Crippen molar-refractivity contribution in [2.45, 2.75) is 64.4 Å². The molecule has 3 saturated carbocycles. The van der Waals surface area contributed by atoms with Gasteiger partial charge < -0.3 is 9.84 Å². The van der Waals surface area contributed by atoms with E-state index in [-0.39, 0.29) is 12.1 Å². The second-order valence-electron chi connectivity index (χ2n) is 7.19. The van der Waals surface area contributed by atoms with E-state index >= 15 is 0 Å². The molecule has 3 aliphatic rings. The number of ether oxygens (including phenoxy) is 1. The fourth-order valence-electron chi connectivity index (χ4n) is 5.13. The molecule has 0 aliphatic heterocycles. The Morgan fingerprint density at radius 3 is 2.76 bits per heavy atom. The van der Waals surface area contributed by atoms with E-state index in [0.29, 0.717) is 6.61 Å². The number of aliphatic hydroxyl groups excluding tert-OH is 1. The van der Waals surface area contributed by atoms with E-state index in [4.69, 9.17) is 4.74 Å². The summed E-state index contributed by atoms with van der Waals surface area (Å²) in [5.41, 5.74) is 1.30. The van der Waals surface area contributed by atoms with Crippen LogP contribution in [0.1, 0.15) is 58.3 Å². The highest BCUT2D eigenvalue weighted by atomic mass is 16.5. The average Bonchev–Trinajstić information content (AvgIpc) is 2.46. The van der Waals surface area contributed by atoms with Gasteiger partial charge in [-0.1, -0.05) is 5.57 Å². The normalized spacial score (nSPS) is 41.2. The Kier molecular flexibility index (Phi) is 4.68. The van der Waals surface area contributed by atoms with Crippen LogP contribution in [-0.4, -0.2) is 23.8 Å². The lowest BCUT2D eigenvalue weighted by molar-refractivity contribution is -0.137. The predicted molar refractivity (Wildman–Crippen MR) is 81.6 cm³/mol. The third-order valence-corrected chi connectivity index (χ3v) is 6.01. The van der Waals surface area contributed by atoms with Crippen molar-refractivity contribution in [3.8, 4) is 0 Å². The Labute approximate surface area is 127 Å². The van der Waals surface area contributed by atoms with E-state index < -0.39 is 0 Å². The standard InChI is InChI=1S/C18H28O3/c1-2-21-18(20)10-12-3-7-16-13(9-12)4-5-14-11-15(19)6-8-17(14)16/h10,13-17,19H,2-9,11H2,1H3/b12-10-/t13-,14-,15-,16-,17+/m1/s1. The number of allylic oxidation sites excluding steroid dienone is 1. The Balaban J connectivity index is 1.63. The van der Waals surface area contributed by atoms with Crippen LogP contribution in [0.25, 0.3) is 0 Å². The minimum Gasteiger partial charge on any atom is -0.463 e. The molecule has 3 heteroatoms. The second kappa shape index (κ2) is 6.51. The molecule has 0 amide bonds. The van der Waals surface area contributed by atoms with Crippen LogP contribution in [0.2, 0.25) is 0 Å². The molecule has 3 nitrogen and oxygen atoms in total. The molecule has 1 N–H and O–H groups in total. The summed E-state index contributed by atoms with van der Waals surface area (Å²) in [6.07, 6.45) is 10.9. The van der Waals surface area contributed by atoms with Crippen LogP contribution >= 0.6 is 0 Å². The van der Waals surface area contributed by atoms with Crippen molar-refractivity contribution in [3.05, 3.63) is 11.6 Å². The Bertz CT molecular complexity index is 415. The molecule has 5 atom stereocenters. The summed E-state index contributed by atoms with van der Waals surface area (Å²) in [4.78, 5) is 11.6. The van der Waals surface area contributed by atoms with Crippen LogP contribution in [0.5, 0.6) is 0 Å². The van der Waals surface area contributed by atoms with Gasteiger partial charge in [-0.2, -0.15) is 0 Å². The maximum Gasteiger partial charge on any atom is 0.330 e. The molecule has 3 rings (SSSR count). The largest absolute Gasteiger partial charge is 0.463 e. The molecule has 0 aromatic carbocycles. The van der Waals surface area contributed by atoms with E-state index in [9.17, 15) is 9.90 Å². The molecule has 0 unspecified atom stereocenters. The van der Waals surface area contributed by atoms with Crippen molar-refractivity contribution in [1.82, 2.24) is 0 Å². The lowest BCUT2D eigenvalue weighted by Crippen LogP contribution is -2.41. The number of hydrogen-bond acceptors (Lipinski definition) is 3. The monoisotopic (exact) mass is 292 g/mol. The summed E-state index contributed by atoms with van der Waals surface area (Å²) in [6, 6.07) is 0. The molecule has 3 aliphatic carbocycles. The van der Waals surface area contributed by atoms with Gasteiger partial charge in [0.05, 0.1) is 12.7 Å². The van der Waals surface area contributed by atoms with Crippen molar-refractivity contribution < 1.29 is 14.6 Å². The lowest BCUT2D eigenvalue weighted by Gasteiger charge is -2.49. The first-order valence-corrected chi connectivity index (χ1v) is 8.71. The fourth-order valence-corrected chi connectivity index (χ4v) is 5.13. The maximum absolute atomic E-state index is 11.6. The third kappa shape index (κ3) is 3.33. The Morgan fingerprint density at radius 1 is 1.19 bits per heavy atom. The van der Waals surface area contributed by atoms with Gasteiger partial charge in [0.2, 0.25) is 0 Å². The van der Waals surface area contributed by atoms with Gasteiger partial charge in [0.1, 0.15) is 0 Å². The zero-order chi connectivity index (χ0) is 14.8. The maximum atomic E-state index is 11.6. The summed E-state index contributed by atoms with van der Waals surface area (Å²) in [7, 11) is 0. The number of hydrogen-bond donors (Lipinski definition) is 1. The lowest BCUT2D eigenvalue weighted by atomic mass is 9.57. The molecule has 0 spiro atoms. The van der Waals surface area contributed by atoms with Gasteiger partial charge in [-0.3, -0.25) is 0 Å². The molecule has 0 radical (unpaired) electrons. The fraction of sp³-hybridized carbons (Fsp3) is 0.833. The minimum absolute atomic E-state index is 0.0503. The first kappa shape index (κ1) is 15.1. The number of esters is 1. The van der Waals surface area contributed by atoms with E-state index in [1.54, 1.807) is 6.08 Å². The zero-order valence-electron chi connectivity index (χ0n) is 13.1. The molecule has 21 heavy (non-hydrogen) atoms. The van der Waals surface area contributed by atoms with Crippen LogP contribution in [0.15, 0.2) is 11.6 Å². The van der Waals surface area contributed by atoms with E-state index in [2.05, 4.69) is 0 Å². The second-order valence-corrected chi connectivity index (χ2v) is 7.19. The van der Waals surface area contributed by atoms with Crippen LogP contribution < -0.4 is 0 Å². The minimum atomic E-state index is -0.166. The van der Waals surface area contributed by atoms with Gasteiger partial charge in [0, 0.05) is 6.08 Å².